The molecule has 0 atom stereocenters. The molecule has 1 heterocycles. The fourth-order valence-electron chi connectivity index (χ4n) is 2.57. The molecule has 0 aliphatic heterocycles. The lowest BCUT2D eigenvalue weighted by Crippen LogP contribution is -2.26. The summed E-state index contributed by atoms with van der Waals surface area (Å²) in [6, 6.07) is 0. The van der Waals surface area contributed by atoms with Crippen molar-refractivity contribution in [2.24, 2.45) is 5.92 Å². The van der Waals surface area contributed by atoms with E-state index in [9.17, 15) is 4.79 Å². The predicted octanol–water partition coefficient (Wildman–Crippen LogP) is 3.34. The first kappa shape index (κ1) is 14.3. The van der Waals surface area contributed by atoms with Gasteiger partial charge in [-0.3, -0.25) is 0 Å². The van der Waals surface area contributed by atoms with Gasteiger partial charge in [0.25, 0.3) is 0 Å². The van der Waals surface area contributed by atoms with Crippen molar-refractivity contribution in [3.05, 3.63) is 11.1 Å². The highest BCUT2D eigenvalue weighted by Gasteiger charge is 2.18. The minimum Gasteiger partial charge on any atom is -0.461 e. The Morgan fingerprint density at radius 1 is 1.47 bits per heavy atom. The van der Waals surface area contributed by atoms with E-state index >= 15 is 0 Å². The molecule has 1 fully saturated rings. The summed E-state index contributed by atoms with van der Waals surface area (Å²) in [5.74, 6) is 0.449. The zero-order chi connectivity index (χ0) is 13.7. The maximum atomic E-state index is 11.6. The third-order valence-corrected chi connectivity index (χ3v) is 4.51. The average Bonchev–Trinajstić information content (AvgIpc) is 2.90. The number of ether oxygens (including phenoxy) is 1. The fraction of sp³-hybridized carbons (Fsp3) is 0.714. The monoisotopic (exact) mass is 282 g/mol. The van der Waals surface area contributed by atoms with Crippen LogP contribution in [0.1, 0.15) is 49.5 Å². The van der Waals surface area contributed by atoms with Gasteiger partial charge >= 0.3 is 5.97 Å². The van der Waals surface area contributed by atoms with Crippen LogP contribution in [-0.2, 0) is 4.74 Å². The van der Waals surface area contributed by atoms with Gasteiger partial charge in [-0.1, -0.05) is 19.3 Å². The zero-order valence-corrected chi connectivity index (χ0v) is 12.5. The molecule has 1 aromatic rings. The van der Waals surface area contributed by atoms with Crippen molar-refractivity contribution in [2.45, 2.75) is 39.0 Å². The Morgan fingerprint density at radius 2 is 2.21 bits per heavy atom. The Labute approximate surface area is 118 Å². The van der Waals surface area contributed by atoms with Crippen LogP contribution in [0.15, 0.2) is 5.38 Å². The summed E-state index contributed by atoms with van der Waals surface area (Å²) in [6.07, 6.45) is 6.72. The second-order valence-corrected chi connectivity index (χ2v) is 5.96. The normalized spacial score (nSPS) is 16.3. The third kappa shape index (κ3) is 3.93. The highest BCUT2D eigenvalue weighted by molar-refractivity contribution is 7.13. The van der Waals surface area contributed by atoms with Crippen molar-refractivity contribution in [3.63, 3.8) is 0 Å². The van der Waals surface area contributed by atoms with E-state index in [0.717, 1.165) is 17.6 Å². The van der Waals surface area contributed by atoms with Crippen molar-refractivity contribution >= 4 is 22.4 Å². The average molecular weight is 282 g/mol. The van der Waals surface area contributed by atoms with E-state index < -0.39 is 0 Å². The molecule has 5 heteroatoms. The van der Waals surface area contributed by atoms with Crippen molar-refractivity contribution in [1.82, 2.24) is 4.98 Å². The van der Waals surface area contributed by atoms with Gasteiger partial charge in [-0.2, -0.15) is 0 Å². The summed E-state index contributed by atoms with van der Waals surface area (Å²) >= 11 is 1.51. The second-order valence-electron chi connectivity index (χ2n) is 5.12. The van der Waals surface area contributed by atoms with E-state index in [0.29, 0.717) is 12.3 Å². The van der Waals surface area contributed by atoms with E-state index in [1.165, 1.54) is 43.4 Å². The van der Waals surface area contributed by atoms with Crippen LogP contribution in [0.4, 0.5) is 5.13 Å². The molecule has 0 unspecified atom stereocenters. The quantitative estimate of drug-likeness (QED) is 0.777. The fourth-order valence-corrected chi connectivity index (χ4v) is 3.34. The van der Waals surface area contributed by atoms with Crippen LogP contribution < -0.4 is 4.90 Å². The zero-order valence-electron chi connectivity index (χ0n) is 11.7. The summed E-state index contributed by atoms with van der Waals surface area (Å²) in [5, 5.41) is 2.69. The van der Waals surface area contributed by atoms with Gasteiger partial charge in [-0.05, 0) is 25.7 Å². The number of aromatic nitrogens is 1. The minimum atomic E-state index is -0.323. The topological polar surface area (TPSA) is 42.4 Å². The molecular weight excluding hydrogens is 260 g/mol. The molecule has 1 saturated carbocycles. The molecule has 1 aromatic heterocycles. The summed E-state index contributed by atoms with van der Waals surface area (Å²) in [5.41, 5.74) is 0.428. The summed E-state index contributed by atoms with van der Waals surface area (Å²) < 4.78 is 4.96. The van der Waals surface area contributed by atoms with Crippen LogP contribution in [0.5, 0.6) is 0 Å². The van der Waals surface area contributed by atoms with E-state index in [1.54, 1.807) is 12.3 Å². The molecule has 0 amide bonds. The lowest BCUT2D eigenvalue weighted by atomic mass is 9.89. The van der Waals surface area contributed by atoms with E-state index in [1.807, 2.05) is 0 Å². The van der Waals surface area contributed by atoms with Crippen molar-refractivity contribution in [3.8, 4) is 0 Å². The van der Waals surface area contributed by atoms with Crippen molar-refractivity contribution in [1.29, 1.82) is 0 Å². The first-order chi connectivity index (χ1) is 9.20. The minimum absolute atomic E-state index is 0.323. The molecule has 1 aliphatic rings. The van der Waals surface area contributed by atoms with Crippen LogP contribution >= 0.6 is 11.3 Å². The number of thiazole rings is 1. The molecule has 106 valence electrons. The molecule has 0 N–H and O–H groups in total. The van der Waals surface area contributed by atoms with Crippen LogP contribution in [0.25, 0.3) is 0 Å². The molecule has 0 spiro atoms. The second kappa shape index (κ2) is 6.89. The lowest BCUT2D eigenvalue weighted by molar-refractivity contribution is 0.0520. The number of nitrogens with zero attached hydrogens (tertiary/aromatic N) is 2. The number of rotatable bonds is 5. The van der Waals surface area contributed by atoms with Crippen LogP contribution in [-0.4, -0.2) is 31.2 Å². The van der Waals surface area contributed by atoms with Gasteiger partial charge in [-0.25, -0.2) is 9.78 Å². The van der Waals surface area contributed by atoms with Gasteiger partial charge in [0, 0.05) is 19.0 Å². The number of anilines is 1. The summed E-state index contributed by atoms with van der Waals surface area (Å²) in [7, 11) is 2.06. The molecule has 1 aliphatic carbocycles. The Balaban J connectivity index is 1.91. The number of carbonyl (C=O) groups is 1. The van der Waals surface area contributed by atoms with Crippen molar-refractivity contribution < 1.29 is 9.53 Å². The van der Waals surface area contributed by atoms with Gasteiger partial charge in [0.05, 0.1) is 6.61 Å². The Morgan fingerprint density at radius 3 is 2.89 bits per heavy atom. The van der Waals surface area contributed by atoms with Gasteiger partial charge in [0.2, 0.25) is 0 Å². The molecule has 0 bridgehead atoms. The SMILES string of the molecule is CCOC(=O)c1csc(N(C)CC2CCCCC2)n1. The Bertz CT molecular complexity index is 413. The Hall–Kier alpha value is -1.10. The van der Waals surface area contributed by atoms with Gasteiger partial charge in [0.15, 0.2) is 10.8 Å². The molecule has 0 radical (unpaired) electrons. The largest absolute Gasteiger partial charge is 0.461 e. The van der Waals surface area contributed by atoms with E-state index in [2.05, 4.69) is 16.9 Å². The Kier molecular flexibility index (Phi) is 5.19. The molecule has 0 saturated heterocycles. The van der Waals surface area contributed by atoms with E-state index in [4.69, 9.17) is 4.74 Å². The number of esters is 1. The molecular formula is C14H22N2O2S. The predicted molar refractivity (Wildman–Crippen MR) is 77.9 cm³/mol. The lowest BCUT2D eigenvalue weighted by Gasteiger charge is -2.26. The number of hydrogen-bond acceptors (Lipinski definition) is 5. The first-order valence-electron chi connectivity index (χ1n) is 7.04. The summed E-state index contributed by atoms with van der Waals surface area (Å²) in [4.78, 5) is 18.1. The molecule has 4 nitrogen and oxygen atoms in total. The van der Waals surface area contributed by atoms with Gasteiger partial charge < -0.3 is 9.64 Å². The third-order valence-electron chi connectivity index (χ3n) is 3.56. The molecule has 2 rings (SSSR count). The van der Waals surface area contributed by atoms with Crippen LogP contribution in [0.2, 0.25) is 0 Å². The van der Waals surface area contributed by atoms with Gasteiger partial charge in [-0.15, -0.1) is 11.3 Å². The molecule has 19 heavy (non-hydrogen) atoms. The highest BCUT2D eigenvalue weighted by Crippen LogP contribution is 2.27. The highest BCUT2D eigenvalue weighted by atomic mass is 32.1. The maximum absolute atomic E-state index is 11.6. The van der Waals surface area contributed by atoms with Gasteiger partial charge in [0.1, 0.15) is 0 Å². The van der Waals surface area contributed by atoms with Crippen molar-refractivity contribution in [2.75, 3.05) is 25.1 Å². The number of hydrogen-bond donors (Lipinski definition) is 0. The first-order valence-corrected chi connectivity index (χ1v) is 7.92. The van der Waals surface area contributed by atoms with Crippen LogP contribution in [0, 0.1) is 5.92 Å². The van der Waals surface area contributed by atoms with Crippen LogP contribution in [0.3, 0.4) is 0 Å². The number of carbonyl (C=O) groups excluding carboxylic acids is 1. The molecule has 0 aromatic carbocycles. The van der Waals surface area contributed by atoms with E-state index in [-0.39, 0.29) is 5.97 Å². The standard InChI is InChI=1S/C14H22N2O2S/c1-3-18-13(17)12-10-19-14(15-12)16(2)9-11-7-5-4-6-8-11/h10-11H,3-9H2,1-2H3. The summed E-state index contributed by atoms with van der Waals surface area (Å²) in [6.45, 7) is 3.24. The maximum Gasteiger partial charge on any atom is 0.357 e. The smallest absolute Gasteiger partial charge is 0.357 e.